The summed E-state index contributed by atoms with van der Waals surface area (Å²) in [5, 5.41) is 0. The van der Waals surface area contributed by atoms with Crippen LogP contribution in [0.3, 0.4) is 0 Å². The van der Waals surface area contributed by atoms with Gasteiger partial charge in [0, 0.05) is 24.8 Å². The third-order valence-corrected chi connectivity index (χ3v) is 6.28. The Kier molecular flexibility index (Phi) is 4.73. The average Bonchev–Trinajstić information content (AvgIpc) is 3.49. The third-order valence-electron chi connectivity index (χ3n) is 6.28. The van der Waals surface area contributed by atoms with E-state index in [-0.39, 0.29) is 11.9 Å². The van der Waals surface area contributed by atoms with Gasteiger partial charge in [-0.1, -0.05) is 50.1 Å². The number of anilines is 2. The van der Waals surface area contributed by atoms with Gasteiger partial charge in [-0.3, -0.25) is 9.36 Å². The van der Waals surface area contributed by atoms with Crippen LogP contribution in [0.15, 0.2) is 49.1 Å². The van der Waals surface area contributed by atoms with E-state index in [0.29, 0.717) is 12.0 Å². The maximum Gasteiger partial charge on any atom is 0.249 e. The normalized spacial score (nSPS) is 19.4. The van der Waals surface area contributed by atoms with Crippen LogP contribution in [-0.4, -0.2) is 44.6 Å². The van der Waals surface area contributed by atoms with Crippen LogP contribution < -0.4 is 9.80 Å². The minimum Gasteiger partial charge on any atom is -0.340 e. The smallest absolute Gasteiger partial charge is 0.249 e. The number of imidazole rings is 1. The SMILES string of the molecule is CCC1C(=O)N(C)c2cnc(-n3cnc(-c4ccccc4)c3)nc2N1C1CCCC1. The quantitative estimate of drug-likeness (QED) is 0.663. The van der Waals surface area contributed by atoms with Crippen molar-refractivity contribution in [2.24, 2.45) is 0 Å². The maximum absolute atomic E-state index is 13.0. The number of hydrogen-bond acceptors (Lipinski definition) is 5. The molecule has 1 saturated carbocycles. The molecule has 3 aromatic rings. The predicted octanol–water partition coefficient (Wildman–Crippen LogP) is 3.83. The Balaban J connectivity index is 1.57. The number of nitrogens with zero attached hydrogens (tertiary/aromatic N) is 6. The largest absolute Gasteiger partial charge is 0.340 e. The Labute approximate surface area is 176 Å². The number of benzene rings is 1. The number of amides is 1. The number of carbonyl (C=O) groups excluding carboxylic acids is 1. The molecule has 0 saturated heterocycles. The van der Waals surface area contributed by atoms with E-state index in [9.17, 15) is 4.79 Å². The summed E-state index contributed by atoms with van der Waals surface area (Å²) in [5.41, 5.74) is 2.71. The van der Waals surface area contributed by atoms with Gasteiger partial charge in [0.1, 0.15) is 18.1 Å². The van der Waals surface area contributed by atoms with Crippen LogP contribution in [0.5, 0.6) is 0 Å². The first-order chi connectivity index (χ1) is 14.7. The molecular formula is C23H26N6O. The molecule has 1 aliphatic heterocycles. The zero-order valence-electron chi connectivity index (χ0n) is 17.4. The molecule has 7 nitrogen and oxygen atoms in total. The van der Waals surface area contributed by atoms with Crippen LogP contribution in [0.2, 0.25) is 0 Å². The van der Waals surface area contributed by atoms with E-state index in [1.54, 1.807) is 17.4 Å². The molecule has 1 atom stereocenters. The van der Waals surface area contributed by atoms with Gasteiger partial charge in [0.25, 0.3) is 0 Å². The number of carbonyl (C=O) groups is 1. The van der Waals surface area contributed by atoms with Crippen molar-refractivity contribution in [3.8, 4) is 17.2 Å². The van der Waals surface area contributed by atoms with Crippen molar-refractivity contribution in [1.29, 1.82) is 0 Å². The van der Waals surface area contributed by atoms with Crippen LogP contribution in [0.25, 0.3) is 17.2 Å². The summed E-state index contributed by atoms with van der Waals surface area (Å²) in [6.07, 6.45) is 10.9. The Bertz CT molecular complexity index is 1060. The van der Waals surface area contributed by atoms with Crippen LogP contribution in [0.1, 0.15) is 39.0 Å². The van der Waals surface area contributed by atoms with Crippen molar-refractivity contribution < 1.29 is 4.79 Å². The average molecular weight is 403 g/mol. The van der Waals surface area contributed by atoms with E-state index >= 15 is 0 Å². The van der Waals surface area contributed by atoms with Gasteiger partial charge in [-0.05, 0) is 19.3 Å². The molecule has 7 heteroatoms. The fraction of sp³-hybridized carbons (Fsp3) is 0.391. The number of rotatable bonds is 4. The number of fused-ring (bicyclic) bond motifs is 1. The van der Waals surface area contributed by atoms with Gasteiger partial charge in [0.15, 0.2) is 5.82 Å². The molecular weight excluding hydrogens is 376 g/mol. The Morgan fingerprint density at radius 1 is 1.10 bits per heavy atom. The van der Waals surface area contributed by atoms with Crippen LogP contribution in [-0.2, 0) is 4.79 Å². The molecule has 1 amide bonds. The molecule has 0 radical (unpaired) electrons. The van der Waals surface area contributed by atoms with E-state index in [2.05, 4.69) is 21.8 Å². The second-order valence-corrected chi connectivity index (χ2v) is 8.08. The molecule has 1 unspecified atom stereocenters. The lowest BCUT2D eigenvalue weighted by atomic mass is 10.0. The fourth-order valence-electron chi connectivity index (χ4n) is 4.69. The number of aromatic nitrogens is 4. The van der Waals surface area contributed by atoms with E-state index in [1.807, 2.05) is 48.1 Å². The lowest BCUT2D eigenvalue weighted by Crippen LogP contribution is -2.55. The summed E-state index contributed by atoms with van der Waals surface area (Å²) in [4.78, 5) is 31.0. The highest BCUT2D eigenvalue weighted by atomic mass is 16.2. The molecule has 3 heterocycles. The topological polar surface area (TPSA) is 67.2 Å². The van der Waals surface area contributed by atoms with E-state index in [4.69, 9.17) is 4.98 Å². The van der Waals surface area contributed by atoms with E-state index < -0.39 is 0 Å². The maximum atomic E-state index is 13.0. The molecule has 154 valence electrons. The van der Waals surface area contributed by atoms with Crippen molar-refractivity contribution >= 4 is 17.4 Å². The Morgan fingerprint density at radius 3 is 2.60 bits per heavy atom. The van der Waals surface area contributed by atoms with Gasteiger partial charge in [0.2, 0.25) is 11.9 Å². The van der Waals surface area contributed by atoms with Crippen molar-refractivity contribution in [3.63, 3.8) is 0 Å². The highest BCUT2D eigenvalue weighted by Crippen LogP contribution is 2.39. The zero-order valence-corrected chi connectivity index (χ0v) is 17.4. The van der Waals surface area contributed by atoms with Crippen LogP contribution >= 0.6 is 0 Å². The molecule has 2 aliphatic rings. The van der Waals surface area contributed by atoms with Gasteiger partial charge < -0.3 is 9.80 Å². The minimum atomic E-state index is -0.170. The van der Waals surface area contributed by atoms with E-state index in [0.717, 1.165) is 42.0 Å². The molecule has 30 heavy (non-hydrogen) atoms. The molecule has 1 fully saturated rings. The minimum absolute atomic E-state index is 0.127. The van der Waals surface area contributed by atoms with Crippen LogP contribution in [0.4, 0.5) is 11.5 Å². The number of likely N-dealkylation sites (N-methyl/N-ethyl adjacent to an activating group) is 1. The lowest BCUT2D eigenvalue weighted by molar-refractivity contribution is -0.120. The molecule has 1 aliphatic carbocycles. The molecule has 1 aromatic carbocycles. The molecule has 0 spiro atoms. The highest BCUT2D eigenvalue weighted by Gasteiger charge is 2.41. The molecule has 0 bridgehead atoms. The highest BCUT2D eigenvalue weighted by molar-refractivity contribution is 6.04. The summed E-state index contributed by atoms with van der Waals surface area (Å²) < 4.78 is 1.85. The lowest BCUT2D eigenvalue weighted by Gasteiger charge is -2.43. The van der Waals surface area contributed by atoms with Gasteiger partial charge in [0.05, 0.1) is 11.9 Å². The van der Waals surface area contributed by atoms with Gasteiger partial charge in [-0.2, -0.15) is 4.98 Å². The van der Waals surface area contributed by atoms with Gasteiger partial charge in [-0.25, -0.2) is 9.97 Å². The summed E-state index contributed by atoms with van der Waals surface area (Å²) in [6, 6.07) is 10.3. The van der Waals surface area contributed by atoms with Gasteiger partial charge >= 0.3 is 0 Å². The van der Waals surface area contributed by atoms with Crippen molar-refractivity contribution in [1.82, 2.24) is 19.5 Å². The standard InChI is InChI=1S/C23H26N6O/c1-3-19-22(30)27(2)20-13-24-23(26-21(20)29(19)17-11-7-8-12-17)28-14-18(25-15-28)16-9-5-4-6-10-16/h4-6,9-10,13-15,17,19H,3,7-8,11-12H2,1-2H3. The summed E-state index contributed by atoms with van der Waals surface area (Å²) in [7, 11) is 1.82. The molecule has 5 rings (SSSR count). The van der Waals surface area contributed by atoms with Crippen molar-refractivity contribution in [2.75, 3.05) is 16.8 Å². The Hall–Kier alpha value is -3.22. The monoisotopic (exact) mass is 402 g/mol. The Morgan fingerprint density at radius 2 is 1.87 bits per heavy atom. The summed E-state index contributed by atoms with van der Waals surface area (Å²) in [5.74, 6) is 1.56. The molecule has 0 N–H and O–H groups in total. The van der Waals surface area contributed by atoms with Crippen molar-refractivity contribution in [2.45, 2.75) is 51.1 Å². The predicted molar refractivity (Wildman–Crippen MR) is 117 cm³/mol. The second kappa shape index (κ2) is 7.55. The fourth-order valence-corrected chi connectivity index (χ4v) is 4.69. The zero-order chi connectivity index (χ0) is 20.7. The number of hydrogen-bond donors (Lipinski definition) is 0. The first-order valence-electron chi connectivity index (χ1n) is 10.7. The van der Waals surface area contributed by atoms with Gasteiger partial charge in [-0.15, -0.1) is 0 Å². The first-order valence-corrected chi connectivity index (χ1v) is 10.7. The molecule has 2 aromatic heterocycles. The third kappa shape index (κ3) is 3.05. The van der Waals surface area contributed by atoms with E-state index in [1.165, 1.54) is 12.8 Å². The van der Waals surface area contributed by atoms with Crippen molar-refractivity contribution in [3.05, 3.63) is 49.1 Å². The first kappa shape index (κ1) is 18.8. The van der Waals surface area contributed by atoms with Crippen LogP contribution in [0, 0.1) is 0 Å². The second-order valence-electron chi connectivity index (χ2n) is 8.08. The summed E-state index contributed by atoms with van der Waals surface area (Å²) in [6.45, 7) is 2.08. The summed E-state index contributed by atoms with van der Waals surface area (Å²) >= 11 is 0.